The second kappa shape index (κ2) is 5.48. The summed E-state index contributed by atoms with van der Waals surface area (Å²) >= 11 is 1.54. The number of nitrogens with zero attached hydrogens (tertiary/aromatic N) is 2. The number of carbonyl (C=O) groups is 2. The Balaban J connectivity index is 1.89. The molecular formula is C12H16N2O3S. The van der Waals surface area contributed by atoms with E-state index in [1.807, 2.05) is 12.3 Å². The van der Waals surface area contributed by atoms with Gasteiger partial charge in [-0.15, -0.1) is 11.3 Å². The van der Waals surface area contributed by atoms with Crippen LogP contribution in [-0.2, 0) is 16.0 Å². The molecule has 2 rings (SSSR count). The molecule has 1 aliphatic heterocycles. The number of aromatic nitrogens is 1. The molecule has 0 unspecified atom stereocenters. The average molecular weight is 268 g/mol. The number of amides is 1. The molecule has 1 atom stereocenters. The lowest BCUT2D eigenvalue weighted by Crippen LogP contribution is -2.40. The maximum atomic E-state index is 12.0. The molecule has 6 heteroatoms. The van der Waals surface area contributed by atoms with Crippen LogP contribution in [0.1, 0.15) is 30.0 Å². The van der Waals surface area contributed by atoms with Gasteiger partial charge in [-0.25, -0.2) is 9.78 Å². The van der Waals surface area contributed by atoms with Crippen LogP contribution in [0.15, 0.2) is 5.38 Å². The van der Waals surface area contributed by atoms with Gasteiger partial charge in [0.2, 0.25) is 5.91 Å². The second-order valence-electron chi connectivity index (χ2n) is 4.47. The van der Waals surface area contributed by atoms with Crippen molar-refractivity contribution >= 4 is 23.2 Å². The first-order valence-electron chi connectivity index (χ1n) is 6.01. The number of carbonyl (C=O) groups excluding carboxylic acids is 1. The standard InChI is InChI=1S/C12H16N2O3S/c1-8-7-18-10(13-8)4-5-11(15)14-6-2-3-9(14)12(16)17/h7,9H,2-6H2,1H3,(H,16,17)/t9-/m0/s1. The number of rotatable bonds is 4. The highest BCUT2D eigenvalue weighted by Gasteiger charge is 2.33. The summed E-state index contributed by atoms with van der Waals surface area (Å²) in [5, 5.41) is 11.9. The number of hydrogen-bond donors (Lipinski definition) is 1. The summed E-state index contributed by atoms with van der Waals surface area (Å²) in [6, 6.07) is -0.629. The van der Waals surface area contributed by atoms with Gasteiger partial charge < -0.3 is 10.0 Å². The minimum atomic E-state index is -0.897. The van der Waals surface area contributed by atoms with E-state index in [1.165, 1.54) is 4.90 Å². The van der Waals surface area contributed by atoms with Crippen LogP contribution in [0.25, 0.3) is 0 Å². The number of carboxylic acid groups (broad SMARTS) is 1. The predicted molar refractivity (Wildman–Crippen MR) is 67.5 cm³/mol. The van der Waals surface area contributed by atoms with Gasteiger partial charge >= 0.3 is 5.97 Å². The lowest BCUT2D eigenvalue weighted by Gasteiger charge is -2.21. The Morgan fingerprint density at radius 3 is 3.00 bits per heavy atom. The average Bonchev–Trinajstić information content (AvgIpc) is 2.94. The zero-order chi connectivity index (χ0) is 13.1. The first-order valence-corrected chi connectivity index (χ1v) is 6.89. The summed E-state index contributed by atoms with van der Waals surface area (Å²) in [5.41, 5.74) is 0.965. The highest BCUT2D eigenvalue weighted by molar-refractivity contribution is 7.09. The molecule has 5 nitrogen and oxygen atoms in total. The van der Waals surface area contributed by atoms with Gasteiger partial charge in [-0.3, -0.25) is 4.79 Å². The van der Waals surface area contributed by atoms with Gasteiger partial charge in [0.1, 0.15) is 6.04 Å². The topological polar surface area (TPSA) is 70.5 Å². The van der Waals surface area contributed by atoms with Crippen molar-refractivity contribution in [3.63, 3.8) is 0 Å². The molecular weight excluding hydrogens is 252 g/mol. The third-order valence-electron chi connectivity index (χ3n) is 3.08. The van der Waals surface area contributed by atoms with Crippen molar-refractivity contribution < 1.29 is 14.7 Å². The van der Waals surface area contributed by atoms with E-state index in [0.717, 1.165) is 17.1 Å². The fourth-order valence-electron chi connectivity index (χ4n) is 2.20. The summed E-state index contributed by atoms with van der Waals surface area (Å²) in [4.78, 5) is 28.8. The van der Waals surface area contributed by atoms with Crippen molar-refractivity contribution in [2.75, 3.05) is 6.54 Å². The zero-order valence-electron chi connectivity index (χ0n) is 10.3. The van der Waals surface area contributed by atoms with Crippen LogP contribution < -0.4 is 0 Å². The molecule has 18 heavy (non-hydrogen) atoms. The number of aryl methyl sites for hydroxylation is 2. The van der Waals surface area contributed by atoms with Crippen LogP contribution in [0.2, 0.25) is 0 Å². The van der Waals surface area contributed by atoms with Crippen LogP contribution in [0.5, 0.6) is 0 Å². The first-order chi connectivity index (χ1) is 8.58. The zero-order valence-corrected chi connectivity index (χ0v) is 11.1. The van der Waals surface area contributed by atoms with Crippen LogP contribution in [0.3, 0.4) is 0 Å². The Labute approximate surface area is 109 Å². The largest absolute Gasteiger partial charge is 0.480 e. The molecule has 0 bridgehead atoms. The summed E-state index contributed by atoms with van der Waals surface area (Å²) in [5.74, 6) is -0.973. The lowest BCUT2D eigenvalue weighted by atomic mass is 10.2. The van der Waals surface area contributed by atoms with E-state index in [9.17, 15) is 9.59 Å². The molecule has 0 radical (unpaired) electrons. The van der Waals surface area contributed by atoms with Crippen molar-refractivity contribution in [3.8, 4) is 0 Å². The molecule has 0 saturated carbocycles. The van der Waals surface area contributed by atoms with E-state index >= 15 is 0 Å². The van der Waals surface area contributed by atoms with Crippen LogP contribution in [0, 0.1) is 6.92 Å². The molecule has 1 aromatic rings. The van der Waals surface area contributed by atoms with Crippen LogP contribution in [0.4, 0.5) is 0 Å². The third-order valence-corrected chi connectivity index (χ3v) is 4.10. The van der Waals surface area contributed by atoms with Gasteiger partial charge in [-0.05, 0) is 19.8 Å². The Morgan fingerprint density at radius 1 is 1.61 bits per heavy atom. The molecule has 1 aliphatic rings. The summed E-state index contributed by atoms with van der Waals surface area (Å²) in [7, 11) is 0. The van der Waals surface area contributed by atoms with E-state index in [1.54, 1.807) is 11.3 Å². The van der Waals surface area contributed by atoms with E-state index in [2.05, 4.69) is 4.98 Å². The molecule has 1 fully saturated rings. The van der Waals surface area contributed by atoms with E-state index in [-0.39, 0.29) is 5.91 Å². The Bertz CT molecular complexity index is 458. The second-order valence-corrected chi connectivity index (χ2v) is 5.41. The number of likely N-dealkylation sites (tertiary alicyclic amines) is 1. The third kappa shape index (κ3) is 2.87. The molecule has 1 aromatic heterocycles. The summed E-state index contributed by atoms with van der Waals surface area (Å²) in [6.45, 7) is 2.48. The normalized spacial score (nSPS) is 19.2. The Morgan fingerprint density at radius 2 is 2.39 bits per heavy atom. The highest BCUT2D eigenvalue weighted by Crippen LogP contribution is 2.19. The lowest BCUT2D eigenvalue weighted by molar-refractivity contribution is -0.148. The maximum Gasteiger partial charge on any atom is 0.326 e. The van der Waals surface area contributed by atoms with Crippen molar-refractivity contribution in [1.29, 1.82) is 0 Å². The fourth-order valence-corrected chi connectivity index (χ4v) is 2.97. The molecule has 1 N–H and O–H groups in total. The molecule has 0 aliphatic carbocycles. The van der Waals surface area contributed by atoms with Crippen LogP contribution >= 0.6 is 11.3 Å². The molecule has 0 aromatic carbocycles. The van der Waals surface area contributed by atoms with Crippen molar-refractivity contribution in [2.24, 2.45) is 0 Å². The van der Waals surface area contributed by atoms with Crippen LogP contribution in [-0.4, -0.2) is 39.5 Å². The smallest absolute Gasteiger partial charge is 0.326 e. The minimum Gasteiger partial charge on any atom is -0.480 e. The number of carboxylic acids is 1. The van der Waals surface area contributed by atoms with Gasteiger partial charge in [0.25, 0.3) is 0 Å². The number of thiazole rings is 1. The van der Waals surface area contributed by atoms with Gasteiger partial charge in [0.05, 0.1) is 5.01 Å². The minimum absolute atomic E-state index is 0.0762. The maximum absolute atomic E-state index is 12.0. The number of hydrogen-bond acceptors (Lipinski definition) is 4. The molecule has 0 spiro atoms. The van der Waals surface area contributed by atoms with E-state index in [0.29, 0.717) is 25.8 Å². The van der Waals surface area contributed by atoms with Crippen molar-refractivity contribution in [1.82, 2.24) is 9.88 Å². The van der Waals surface area contributed by atoms with Gasteiger partial charge in [0, 0.05) is 30.5 Å². The predicted octanol–water partition coefficient (Wildman–Crippen LogP) is 1.46. The van der Waals surface area contributed by atoms with Crippen molar-refractivity contribution in [3.05, 3.63) is 16.1 Å². The molecule has 2 heterocycles. The molecule has 1 saturated heterocycles. The Hall–Kier alpha value is -1.43. The quantitative estimate of drug-likeness (QED) is 0.897. The SMILES string of the molecule is Cc1csc(CCC(=O)N2CCC[C@H]2C(=O)O)n1. The monoisotopic (exact) mass is 268 g/mol. The Kier molecular flexibility index (Phi) is 3.96. The molecule has 1 amide bonds. The van der Waals surface area contributed by atoms with Gasteiger partial charge in [-0.2, -0.15) is 0 Å². The van der Waals surface area contributed by atoms with Gasteiger partial charge in [-0.1, -0.05) is 0 Å². The first kappa shape index (κ1) is 13.0. The fraction of sp³-hybridized carbons (Fsp3) is 0.583. The number of aliphatic carboxylic acids is 1. The van der Waals surface area contributed by atoms with Gasteiger partial charge in [0.15, 0.2) is 0 Å². The van der Waals surface area contributed by atoms with E-state index < -0.39 is 12.0 Å². The molecule has 98 valence electrons. The summed E-state index contributed by atoms with van der Waals surface area (Å²) < 4.78 is 0. The highest BCUT2D eigenvalue weighted by atomic mass is 32.1. The summed E-state index contributed by atoms with van der Waals surface area (Å²) in [6.07, 6.45) is 2.29. The van der Waals surface area contributed by atoms with E-state index in [4.69, 9.17) is 5.11 Å². The van der Waals surface area contributed by atoms with Crippen molar-refractivity contribution in [2.45, 2.75) is 38.6 Å².